The molecule has 3 rings (SSSR count). The Bertz CT molecular complexity index is 770. The van der Waals surface area contributed by atoms with Gasteiger partial charge in [-0.2, -0.15) is 0 Å². The van der Waals surface area contributed by atoms with E-state index in [0.29, 0.717) is 11.7 Å². The molecule has 1 saturated carbocycles. The Morgan fingerprint density at radius 2 is 1.96 bits per heavy atom. The maximum Gasteiger partial charge on any atom is 0.288 e. The summed E-state index contributed by atoms with van der Waals surface area (Å²) in [6, 6.07) is 8.06. The van der Waals surface area contributed by atoms with Crippen LogP contribution in [0.2, 0.25) is 0 Å². The van der Waals surface area contributed by atoms with Crippen LogP contribution >= 0.6 is 0 Å². The van der Waals surface area contributed by atoms with E-state index in [1.807, 2.05) is 38.1 Å². The largest absolute Gasteiger partial charge is 0.359 e. The van der Waals surface area contributed by atoms with Gasteiger partial charge in [-0.25, -0.2) is 0 Å². The van der Waals surface area contributed by atoms with E-state index in [9.17, 15) is 4.79 Å². The maximum atomic E-state index is 12.4. The number of carbonyl (C=O) groups is 1. The van der Waals surface area contributed by atoms with E-state index < -0.39 is 5.41 Å². The summed E-state index contributed by atoms with van der Waals surface area (Å²) in [6.07, 6.45) is 5.23. The Balaban J connectivity index is 1.83. The number of hydrogen-bond donors (Lipinski definition) is 1. The predicted octanol–water partition coefficient (Wildman–Crippen LogP) is 3.25. The van der Waals surface area contributed by atoms with E-state index in [2.05, 4.69) is 20.1 Å². The van der Waals surface area contributed by atoms with Crippen molar-refractivity contribution >= 4 is 11.7 Å². The Labute approximate surface area is 135 Å². The predicted molar refractivity (Wildman–Crippen MR) is 87.9 cm³/mol. The van der Waals surface area contributed by atoms with E-state index in [-0.39, 0.29) is 11.7 Å². The zero-order chi connectivity index (χ0) is 16.4. The van der Waals surface area contributed by atoms with Crippen molar-refractivity contribution in [1.29, 1.82) is 0 Å². The number of nitrogens with zero attached hydrogens (tertiary/aromatic N) is 3. The van der Waals surface area contributed by atoms with Crippen molar-refractivity contribution in [2.24, 2.45) is 0 Å². The fourth-order valence-electron chi connectivity index (χ4n) is 2.33. The minimum atomic E-state index is -0.578. The van der Waals surface area contributed by atoms with E-state index in [1.54, 1.807) is 6.20 Å². The SMILES string of the molecule is [C-]#[N+]c1cncc(-c2ccc(C(C)(C)C(=O)NC3CC3)cc2)n1. The summed E-state index contributed by atoms with van der Waals surface area (Å²) in [5.74, 6) is 0.332. The van der Waals surface area contributed by atoms with Crippen molar-refractivity contribution in [1.82, 2.24) is 15.3 Å². The lowest BCUT2D eigenvalue weighted by atomic mass is 9.83. The molecule has 0 bridgehead atoms. The van der Waals surface area contributed by atoms with Gasteiger partial charge < -0.3 is 10.2 Å². The van der Waals surface area contributed by atoms with E-state index >= 15 is 0 Å². The van der Waals surface area contributed by atoms with Crippen LogP contribution in [-0.4, -0.2) is 21.9 Å². The topological polar surface area (TPSA) is 59.2 Å². The number of benzene rings is 1. The molecule has 5 nitrogen and oxygen atoms in total. The highest BCUT2D eigenvalue weighted by Crippen LogP contribution is 2.28. The number of nitrogens with one attached hydrogen (secondary N) is 1. The first-order valence-electron chi connectivity index (χ1n) is 7.62. The summed E-state index contributed by atoms with van der Waals surface area (Å²) in [5, 5.41) is 3.06. The van der Waals surface area contributed by atoms with Crippen LogP contribution in [-0.2, 0) is 10.2 Å². The van der Waals surface area contributed by atoms with Crippen LogP contribution in [0.25, 0.3) is 16.1 Å². The summed E-state index contributed by atoms with van der Waals surface area (Å²) in [4.78, 5) is 24.0. The van der Waals surface area contributed by atoms with E-state index in [1.165, 1.54) is 6.20 Å². The molecule has 1 N–H and O–H groups in total. The third-order valence-electron chi connectivity index (χ3n) is 4.12. The number of aromatic nitrogens is 2. The molecule has 1 aromatic carbocycles. The lowest BCUT2D eigenvalue weighted by molar-refractivity contribution is -0.125. The highest BCUT2D eigenvalue weighted by molar-refractivity contribution is 5.88. The van der Waals surface area contributed by atoms with Crippen LogP contribution in [0.4, 0.5) is 5.82 Å². The molecule has 1 aliphatic carbocycles. The van der Waals surface area contributed by atoms with Crippen molar-refractivity contribution in [3.8, 4) is 11.3 Å². The molecule has 0 spiro atoms. The molecule has 0 aliphatic heterocycles. The summed E-state index contributed by atoms with van der Waals surface area (Å²) in [5.41, 5.74) is 1.91. The quantitative estimate of drug-likeness (QED) is 0.882. The Morgan fingerprint density at radius 3 is 2.57 bits per heavy atom. The van der Waals surface area contributed by atoms with Gasteiger partial charge >= 0.3 is 0 Å². The molecule has 0 atom stereocenters. The van der Waals surface area contributed by atoms with Gasteiger partial charge in [0.2, 0.25) is 5.91 Å². The average molecular weight is 306 g/mol. The lowest BCUT2D eigenvalue weighted by Crippen LogP contribution is -2.41. The van der Waals surface area contributed by atoms with Crippen molar-refractivity contribution in [2.45, 2.75) is 38.1 Å². The first-order valence-corrected chi connectivity index (χ1v) is 7.62. The molecule has 1 aliphatic rings. The molecule has 1 amide bonds. The fourth-order valence-corrected chi connectivity index (χ4v) is 2.33. The number of carbonyl (C=O) groups excluding carboxylic acids is 1. The van der Waals surface area contributed by atoms with Crippen LogP contribution in [0.1, 0.15) is 32.3 Å². The van der Waals surface area contributed by atoms with Gasteiger partial charge in [-0.15, -0.1) is 4.98 Å². The van der Waals surface area contributed by atoms with Gasteiger partial charge in [-0.05, 0) is 32.3 Å². The van der Waals surface area contributed by atoms with Gasteiger partial charge in [0.1, 0.15) is 0 Å². The van der Waals surface area contributed by atoms with Crippen molar-refractivity contribution in [2.75, 3.05) is 0 Å². The van der Waals surface area contributed by atoms with Crippen molar-refractivity contribution < 1.29 is 4.79 Å². The molecular weight excluding hydrogens is 288 g/mol. The fraction of sp³-hybridized carbons (Fsp3) is 0.333. The maximum absolute atomic E-state index is 12.4. The Morgan fingerprint density at radius 1 is 1.26 bits per heavy atom. The Kier molecular flexibility index (Phi) is 3.83. The number of rotatable bonds is 4. The molecule has 116 valence electrons. The summed E-state index contributed by atoms with van der Waals surface area (Å²) in [6.45, 7) is 10.9. The molecule has 23 heavy (non-hydrogen) atoms. The molecule has 5 heteroatoms. The molecule has 0 unspecified atom stereocenters. The van der Waals surface area contributed by atoms with E-state index in [4.69, 9.17) is 6.57 Å². The molecule has 1 heterocycles. The third kappa shape index (κ3) is 3.21. The molecule has 2 aromatic rings. The summed E-state index contributed by atoms with van der Waals surface area (Å²) in [7, 11) is 0. The first-order chi connectivity index (χ1) is 11.0. The highest BCUT2D eigenvalue weighted by Gasteiger charge is 2.34. The lowest BCUT2D eigenvalue weighted by Gasteiger charge is -2.24. The summed E-state index contributed by atoms with van der Waals surface area (Å²) >= 11 is 0. The van der Waals surface area contributed by atoms with Gasteiger partial charge in [0, 0.05) is 11.6 Å². The smallest absolute Gasteiger partial charge is 0.288 e. The van der Waals surface area contributed by atoms with Crippen LogP contribution < -0.4 is 5.32 Å². The second-order valence-corrected chi connectivity index (χ2v) is 6.32. The van der Waals surface area contributed by atoms with Crippen LogP contribution in [0.5, 0.6) is 0 Å². The molecule has 0 saturated heterocycles. The van der Waals surface area contributed by atoms with E-state index in [0.717, 1.165) is 24.0 Å². The summed E-state index contributed by atoms with van der Waals surface area (Å²) < 4.78 is 0. The van der Waals surface area contributed by atoms with Gasteiger partial charge in [-0.1, -0.05) is 30.8 Å². The van der Waals surface area contributed by atoms with Crippen LogP contribution in [0.3, 0.4) is 0 Å². The molecule has 1 aromatic heterocycles. The normalized spacial score (nSPS) is 14.1. The van der Waals surface area contributed by atoms with Crippen LogP contribution in [0, 0.1) is 6.57 Å². The first kappa shape index (κ1) is 15.2. The second kappa shape index (κ2) is 5.81. The Hall–Kier alpha value is -2.74. The average Bonchev–Trinajstić information content (AvgIpc) is 3.39. The molecule has 0 radical (unpaired) electrons. The minimum Gasteiger partial charge on any atom is -0.359 e. The monoisotopic (exact) mass is 306 g/mol. The minimum absolute atomic E-state index is 0.0579. The standard InChI is InChI=1S/C18H18N4O/c1-18(2,17(23)21-14-8-9-14)13-6-4-12(5-7-13)15-10-20-11-16(19-3)22-15/h4-7,10-11,14H,8-9H2,1-2H3,(H,21,23). The highest BCUT2D eigenvalue weighted by atomic mass is 16.2. The zero-order valence-electron chi connectivity index (χ0n) is 13.2. The number of amides is 1. The second-order valence-electron chi connectivity index (χ2n) is 6.32. The third-order valence-corrected chi connectivity index (χ3v) is 4.12. The van der Waals surface area contributed by atoms with Gasteiger partial charge in [0.05, 0.1) is 17.8 Å². The van der Waals surface area contributed by atoms with Crippen molar-refractivity contribution in [3.05, 3.63) is 53.6 Å². The number of hydrogen-bond acceptors (Lipinski definition) is 3. The van der Waals surface area contributed by atoms with Crippen molar-refractivity contribution in [3.63, 3.8) is 0 Å². The van der Waals surface area contributed by atoms with Gasteiger partial charge in [0.25, 0.3) is 5.82 Å². The molecule has 1 fully saturated rings. The van der Waals surface area contributed by atoms with Gasteiger partial charge in [0.15, 0.2) is 5.69 Å². The molecular formula is C18H18N4O. The van der Waals surface area contributed by atoms with Crippen LogP contribution in [0.15, 0.2) is 36.7 Å². The zero-order valence-corrected chi connectivity index (χ0v) is 13.2. The van der Waals surface area contributed by atoms with Gasteiger partial charge in [-0.3, -0.25) is 9.78 Å².